The number of aryl methyl sites for hydroxylation is 2. The first kappa shape index (κ1) is 12.4. The standard InChI is InChI=1S/C16H9ClO4/c17-15(18)11-7-20-14-10-6-5-8-3-1-2-4-9(8)13(10)21-16(19)12(11)14/h1-4,7H,5-6H2. The molecule has 0 radical (unpaired) electrons. The Morgan fingerprint density at radius 2 is 2.00 bits per heavy atom. The molecule has 0 saturated heterocycles. The van der Waals surface area contributed by atoms with E-state index in [9.17, 15) is 9.59 Å². The van der Waals surface area contributed by atoms with E-state index in [0.717, 1.165) is 23.1 Å². The molecule has 0 amide bonds. The molecule has 4 nitrogen and oxygen atoms in total. The van der Waals surface area contributed by atoms with Crippen molar-refractivity contribution in [1.29, 1.82) is 0 Å². The van der Waals surface area contributed by atoms with Gasteiger partial charge in [-0.15, -0.1) is 0 Å². The lowest BCUT2D eigenvalue weighted by molar-refractivity contribution is 0.108. The first-order valence-electron chi connectivity index (χ1n) is 6.52. The second-order valence-electron chi connectivity index (χ2n) is 4.98. The van der Waals surface area contributed by atoms with E-state index in [1.54, 1.807) is 0 Å². The number of hydrogen-bond acceptors (Lipinski definition) is 4. The number of fused-ring (bicyclic) bond motifs is 5. The van der Waals surface area contributed by atoms with Crippen molar-refractivity contribution in [2.24, 2.45) is 0 Å². The highest BCUT2D eigenvalue weighted by Crippen LogP contribution is 2.37. The molecule has 0 unspecified atom stereocenters. The summed E-state index contributed by atoms with van der Waals surface area (Å²) in [5.41, 5.74) is 2.70. The number of furan rings is 1. The van der Waals surface area contributed by atoms with Crippen molar-refractivity contribution in [3.05, 3.63) is 57.6 Å². The van der Waals surface area contributed by atoms with E-state index >= 15 is 0 Å². The van der Waals surface area contributed by atoms with Crippen molar-refractivity contribution < 1.29 is 13.6 Å². The maximum Gasteiger partial charge on any atom is 0.348 e. The fourth-order valence-electron chi connectivity index (χ4n) is 2.90. The van der Waals surface area contributed by atoms with Crippen molar-refractivity contribution in [2.75, 3.05) is 0 Å². The molecule has 0 fully saturated rings. The first-order chi connectivity index (χ1) is 10.2. The minimum absolute atomic E-state index is 0.0575. The van der Waals surface area contributed by atoms with Crippen molar-refractivity contribution in [3.63, 3.8) is 0 Å². The smallest absolute Gasteiger partial charge is 0.348 e. The maximum atomic E-state index is 12.2. The fourth-order valence-corrected chi connectivity index (χ4v) is 3.04. The van der Waals surface area contributed by atoms with Crippen LogP contribution in [0.15, 0.2) is 44.2 Å². The van der Waals surface area contributed by atoms with Gasteiger partial charge in [0.2, 0.25) is 0 Å². The third kappa shape index (κ3) is 1.69. The summed E-state index contributed by atoms with van der Waals surface area (Å²) in [4.78, 5) is 23.6. The second kappa shape index (κ2) is 4.33. The third-order valence-corrected chi connectivity index (χ3v) is 4.06. The Labute approximate surface area is 123 Å². The first-order valence-corrected chi connectivity index (χ1v) is 6.90. The Bertz CT molecular complexity index is 949. The number of halogens is 1. The Hall–Kier alpha value is -2.33. The van der Waals surface area contributed by atoms with Crippen molar-refractivity contribution >= 4 is 27.8 Å². The van der Waals surface area contributed by atoms with Crippen LogP contribution in [0.4, 0.5) is 0 Å². The largest absolute Gasteiger partial charge is 0.463 e. The van der Waals surface area contributed by atoms with E-state index in [2.05, 4.69) is 0 Å². The molecular formula is C16H9ClO4. The van der Waals surface area contributed by atoms with Crippen molar-refractivity contribution in [3.8, 4) is 11.3 Å². The molecular weight excluding hydrogens is 292 g/mol. The van der Waals surface area contributed by atoms with Gasteiger partial charge in [0, 0.05) is 11.1 Å². The van der Waals surface area contributed by atoms with E-state index in [0.29, 0.717) is 17.8 Å². The summed E-state index contributed by atoms with van der Waals surface area (Å²) in [6.45, 7) is 0. The summed E-state index contributed by atoms with van der Waals surface area (Å²) in [6.07, 6.45) is 2.74. The van der Waals surface area contributed by atoms with Crippen LogP contribution in [0.1, 0.15) is 21.5 Å². The second-order valence-corrected chi connectivity index (χ2v) is 5.32. The summed E-state index contributed by atoms with van der Waals surface area (Å²) < 4.78 is 10.9. The maximum absolute atomic E-state index is 12.2. The van der Waals surface area contributed by atoms with Crippen LogP contribution >= 0.6 is 11.6 Å². The van der Waals surface area contributed by atoms with Gasteiger partial charge < -0.3 is 8.83 Å². The van der Waals surface area contributed by atoms with Crippen LogP contribution in [0.3, 0.4) is 0 Å². The van der Waals surface area contributed by atoms with Gasteiger partial charge in [-0.1, -0.05) is 24.3 Å². The normalized spacial score (nSPS) is 13.0. The molecule has 0 bridgehead atoms. The molecule has 3 aromatic rings. The summed E-state index contributed by atoms with van der Waals surface area (Å²) in [5, 5.41) is -0.592. The van der Waals surface area contributed by atoms with Crippen LogP contribution in [-0.2, 0) is 12.8 Å². The van der Waals surface area contributed by atoms with E-state index in [1.807, 2.05) is 24.3 Å². The summed E-state index contributed by atoms with van der Waals surface area (Å²) >= 11 is 5.48. The zero-order chi connectivity index (χ0) is 14.6. The van der Waals surface area contributed by atoms with Gasteiger partial charge in [-0.25, -0.2) is 4.79 Å². The minimum atomic E-state index is -0.725. The zero-order valence-corrected chi connectivity index (χ0v) is 11.6. The molecule has 2 heterocycles. The van der Waals surface area contributed by atoms with Gasteiger partial charge in [0.15, 0.2) is 0 Å². The molecule has 0 spiro atoms. The van der Waals surface area contributed by atoms with Crippen molar-refractivity contribution in [2.45, 2.75) is 12.8 Å². The molecule has 0 atom stereocenters. The molecule has 1 aliphatic rings. The molecule has 5 heteroatoms. The summed E-state index contributed by atoms with van der Waals surface area (Å²) in [5.74, 6) is 0.525. The Kier molecular flexibility index (Phi) is 2.56. The van der Waals surface area contributed by atoms with E-state index in [1.165, 1.54) is 6.26 Å². The quantitative estimate of drug-likeness (QED) is 0.645. The zero-order valence-electron chi connectivity index (χ0n) is 10.8. The van der Waals surface area contributed by atoms with Gasteiger partial charge >= 0.3 is 5.63 Å². The number of carbonyl (C=O) groups excluding carboxylic acids is 1. The van der Waals surface area contributed by atoms with Gasteiger partial charge in [0.05, 0.1) is 5.56 Å². The predicted molar refractivity (Wildman–Crippen MR) is 77.8 cm³/mol. The molecule has 2 aromatic heterocycles. The minimum Gasteiger partial charge on any atom is -0.463 e. The molecule has 4 rings (SSSR count). The Morgan fingerprint density at radius 1 is 1.19 bits per heavy atom. The van der Waals surface area contributed by atoms with Gasteiger partial charge in [-0.2, -0.15) is 0 Å². The summed E-state index contributed by atoms with van der Waals surface area (Å²) in [6, 6.07) is 7.78. The van der Waals surface area contributed by atoms with Gasteiger partial charge in [0.25, 0.3) is 5.24 Å². The number of rotatable bonds is 1. The van der Waals surface area contributed by atoms with Crippen LogP contribution < -0.4 is 5.63 Å². The van der Waals surface area contributed by atoms with Crippen LogP contribution in [0.5, 0.6) is 0 Å². The highest BCUT2D eigenvalue weighted by atomic mass is 35.5. The molecule has 1 aliphatic carbocycles. The molecule has 104 valence electrons. The number of hydrogen-bond donors (Lipinski definition) is 0. The molecule has 0 N–H and O–H groups in total. The van der Waals surface area contributed by atoms with Gasteiger partial charge in [-0.05, 0) is 30.0 Å². The van der Waals surface area contributed by atoms with Crippen LogP contribution in [0.2, 0.25) is 0 Å². The monoisotopic (exact) mass is 300 g/mol. The van der Waals surface area contributed by atoms with Gasteiger partial charge in [0.1, 0.15) is 23.0 Å². The van der Waals surface area contributed by atoms with Crippen molar-refractivity contribution in [1.82, 2.24) is 0 Å². The molecule has 21 heavy (non-hydrogen) atoms. The number of carbonyl (C=O) groups is 1. The topological polar surface area (TPSA) is 60.4 Å². The van der Waals surface area contributed by atoms with E-state index in [4.69, 9.17) is 20.4 Å². The van der Waals surface area contributed by atoms with Crippen LogP contribution in [-0.4, -0.2) is 5.24 Å². The Morgan fingerprint density at radius 3 is 2.81 bits per heavy atom. The lowest BCUT2D eigenvalue weighted by atomic mass is 9.89. The molecule has 0 aliphatic heterocycles. The molecule has 1 aromatic carbocycles. The molecule has 0 saturated carbocycles. The lowest BCUT2D eigenvalue weighted by Gasteiger charge is -2.17. The highest BCUT2D eigenvalue weighted by Gasteiger charge is 2.26. The third-order valence-electron chi connectivity index (χ3n) is 3.86. The average molecular weight is 301 g/mol. The van der Waals surface area contributed by atoms with Crippen LogP contribution in [0.25, 0.3) is 22.3 Å². The SMILES string of the molecule is O=C(Cl)c1coc2c3c(oc(=O)c12)-c1ccccc1CC3. The van der Waals surface area contributed by atoms with Gasteiger partial charge in [-0.3, -0.25) is 4.79 Å². The average Bonchev–Trinajstić information content (AvgIpc) is 2.93. The lowest BCUT2D eigenvalue weighted by Crippen LogP contribution is -2.10. The highest BCUT2D eigenvalue weighted by molar-refractivity contribution is 6.68. The van der Waals surface area contributed by atoms with Crippen LogP contribution in [0, 0.1) is 0 Å². The number of benzene rings is 1. The predicted octanol–water partition coefficient (Wildman–Crippen LogP) is 3.53. The van der Waals surface area contributed by atoms with E-state index < -0.39 is 10.9 Å². The summed E-state index contributed by atoms with van der Waals surface area (Å²) in [7, 11) is 0. The van der Waals surface area contributed by atoms with E-state index in [-0.39, 0.29) is 10.9 Å². The fraction of sp³-hybridized carbons (Fsp3) is 0.125. The Balaban J connectivity index is 2.12.